The quantitative estimate of drug-likeness (QED) is 0.360. The molecule has 0 atom stereocenters. The lowest BCUT2D eigenvalue weighted by molar-refractivity contribution is -0.110. The molecule has 0 aliphatic rings. The number of anilines is 1. The van der Waals surface area contributed by atoms with Crippen molar-refractivity contribution in [2.45, 2.75) is 16.7 Å². The van der Waals surface area contributed by atoms with E-state index in [1.165, 1.54) is 19.1 Å². The molecule has 132 valence electrons. The molecule has 0 aromatic heterocycles. The summed E-state index contributed by atoms with van der Waals surface area (Å²) in [5.41, 5.74) is 3.54. The van der Waals surface area contributed by atoms with Crippen molar-refractivity contribution in [2.75, 3.05) is 18.8 Å². The molecule has 0 heterocycles. The Labute approximate surface area is 151 Å². The van der Waals surface area contributed by atoms with E-state index in [1.54, 1.807) is 43.5 Å². The summed E-state index contributed by atoms with van der Waals surface area (Å²) in [4.78, 5) is 12.7. The number of hydrazone groups is 1. The molecule has 2 aromatic rings. The molecule has 6 nitrogen and oxygen atoms in total. The first-order valence-electron chi connectivity index (χ1n) is 7.26. The topological polar surface area (TPSA) is 84.8 Å². The molecule has 0 saturated heterocycles. The number of nitrogens with zero attached hydrogens (tertiary/aromatic N) is 1. The van der Waals surface area contributed by atoms with Gasteiger partial charge in [0, 0.05) is 18.1 Å². The first kappa shape index (κ1) is 19.0. The Kier molecular flexibility index (Phi) is 6.22. The zero-order chi connectivity index (χ0) is 18.4. The lowest BCUT2D eigenvalue weighted by Gasteiger charge is -2.06. The molecule has 0 radical (unpaired) electrons. The number of thioether (sulfide) groups is 1. The van der Waals surface area contributed by atoms with Gasteiger partial charge in [0.25, 0.3) is 0 Å². The second-order valence-electron chi connectivity index (χ2n) is 5.16. The van der Waals surface area contributed by atoms with Gasteiger partial charge in [0.1, 0.15) is 5.75 Å². The van der Waals surface area contributed by atoms with Crippen molar-refractivity contribution in [1.82, 2.24) is 0 Å². The van der Waals surface area contributed by atoms with Crippen molar-refractivity contribution in [3.8, 4) is 5.75 Å². The number of benzene rings is 2. The van der Waals surface area contributed by atoms with Gasteiger partial charge in [0.2, 0.25) is 0 Å². The molecule has 0 saturated carbocycles. The van der Waals surface area contributed by atoms with Crippen LogP contribution >= 0.6 is 11.8 Å². The summed E-state index contributed by atoms with van der Waals surface area (Å²) < 4.78 is 28.0. The highest BCUT2D eigenvalue weighted by atomic mass is 32.2. The van der Waals surface area contributed by atoms with Gasteiger partial charge in [-0.15, -0.1) is 0 Å². The van der Waals surface area contributed by atoms with E-state index < -0.39 is 9.84 Å². The Morgan fingerprint density at radius 2 is 1.68 bits per heavy atom. The number of carbonyl (C=O) groups excluding carboxylic acids is 1. The molecule has 0 unspecified atom stereocenters. The van der Waals surface area contributed by atoms with Crippen LogP contribution in [0, 0.1) is 0 Å². The molecule has 0 amide bonds. The van der Waals surface area contributed by atoms with Crippen LogP contribution in [0.3, 0.4) is 0 Å². The van der Waals surface area contributed by atoms with E-state index in [-0.39, 0.29) is 15.7 Å². The number of Topliss-reactive ketones (excluding diaryl/α,β-unsaturated/α-hetero) is 1. The average Bonchev–Trinajstić information content (AvgIpc) is 2.58. The summed E-state index contributed by atoms with van der Waals surface area (Å²) in [6.07, 6.45) is 1.15. The van der Waals surface area contributed by atoms with Crippen LogP contribution in [0.2, 0.25) is 0 Å². The number of carbonyl (C=O) groups is 1. The van der Waals surface area contributed by atoms with Crippen molar-refractivity contribution in [1.29, 1.82) is 0 Å². The van der Waals surface area contributed by atoms with Crippen LogP contribution in [0.5, 0.6) is 5.75 Å². The highest BCUT2D eigenvalue weighted by Crippen LogP contribution is 2.23. The molecule has 2 aromatic carbocycles. The Morgan fingerprint density at radius 1 is 1.08 bits per heavy atom. The summed E-state index contributed by atoms with van der Waals surface area (Å²) in [5.74, 6) is 0.528. The van der Waals surface area contributed by atoms with E-state index in [1.807, 2.05) is 0 Å². The first-order chi connectivity index (χ1) is 11.8. The molecule has 0 spiro atoms. The smallest absolute Gasteiger partial charge is 0.186 e. The highest BCUT2D eigenvalue weighted by Gasteiger charge is 2.11. The van der Waals surface area contributed by atoms with Crippen LogP contribution in [0.4, 0.5) is 5.69 Å². The van der Waals surface area contributed by atoms with Gasteiger partial charge >= 0.3 is 0 Å². The maximum Gasteiger partial charge on any atom is 0.186 e. The number of rotatable bonds is 6. The average molecular weight is 378 g/mol. The van der Waals surface area contributed by atoms with Crippen molar-refractivity contribution in [3.05, 3.63) is 48.5 Å². The molecule has 2 rings (SSSR count). The number of sulfone groups is 1. The Balaban J connectivity index is 2.13. The zero-order valence-electron chi connectivity index (χ0n) is 14.0. The maximum absolute atomic E-state index is 11.8. The lowest BCUT2D eigenvalue weighted by Crippen LogP contribution is -2.08. The minimum absolute atomic E-state index is 0.196. The molecular weight excluding hydrogens is 360 g/mol. The molecule has 0 bridgehead atoms. The van der Waals surface area contributed by atoms with E-state index in [0.717, 1.165) is 28.7 Å². The van der Waals surface area contributed by atoms with Crippen molar-refractivity contribution in [3.63, 3.8) is 0 Å². The summed E-state index contributed by atoms with van der Waals surface area (Å²) in [6, 6.07) is 13.4. The monoisotopic (exact) mass is 378 g/mol. The lowest BCUT2D eigenvalue weighted by atomic mass is 10.3. The van der Waals surface area contributed by atoms with Crippen LogP contribution in [-0.4, -0.2) is 32.6 Å². The standard InChI is InChI=1S/C17H18N2O4S2/c1-12(20)17(19-18-13-4-6-14(23-2)7-5-13)24-15-8-10-16(11-9-15)25(3,21)22/h4-11,18H,1-3H3/b19-17+. The van der Waals surface area contributed by atoms with Gasteiger partial charge in [0.05, 0.1) is 17.7 Å². The number of ether oxygens (including phenoxy) is 1. The van der Waals surface area contributed by atoms with Gasteiger partial charge in [-0.3, -0.25) is 10.2 Å². The maximum atomic E-state index is 11.8. The van der Waals surface area contributed by atoms with Gasteiger partial charge in [-0.05, 0) is 48.5 Å². The first-order valence-corrected chi connectivity index (χ1v) is 9.97. The summed E-state index contributed by atoms with van der Waals surface area (Å²) in [6.45, 7) is 1.42. The predicted molar refractivity (Wildman–Crippen MR) is 100 cm³/mol. The van der Waals surface area contributed by atoms with Gasteiger partial charge in [0.15, 0.2) is 20.7 Å². The van der Waals surface area contributed by atoms with Crippen LogP contribution in [-0.2, 0) is 14.6 Å². The van der Waals surface area contributed by atoms with Crippen LogP contribution in [0.1, 0.15) is 6.92 Å². The van der Waals surface area contributed by atoms with E-state index in [9.17, 15) is 13.2 Å². The second kappa shape index (κ2) is 8.17. The minimum atomic E-state index is -3.25. The summed E-state index contributed by atoms with van der Waals surface area (Å²) >= 11 is 1.16. The number of hydrogen-bond acceptors (Lipinski definition) is 7. The van der Waals surface area contributed by atoms with Gasteiger partial charge in [-0.25, -0.2) is 8.42 Å². The molecule has 0 aliphatic heterocycles. The van der Waals surface area contributed by atoms with Crippen LogP contribution in [0.15, 0.2) is 63.4 Å². The van der Waals surface area contributed by atoms with Crippen molar-refractivity contribution < 1.29 is 17.9 Å². The zero-order valence-corrected chi connectivity index (χ0v) is 15.6. The number of hydrogen-bond donors (Lipinski definition) is 1. The number of ketones is 1. The third-order valence-electron chi connectivity index (χ3n) is 3.14. The predicted octanol–water partition coefficient (Wildman–Crippen LogP) is 3.21. The fourth-order valence-electron chi connectivity index (χ4n) is 1.82. The van der Waals surface area contributed by atoms with Crippen LogP contribution in [0.25, 0.3) is 0 Å². The van der Waals surface area contributed by atoms with E-state index in [2.05, 4.69) is 10.5 Å². The number of nitrogens with one attached hydrogen (secondary N) is 1. The van der Waals surface area contributed by atoms with Crippen molar-refractivity contribution >= 4 is 38.1 Å². The fourth-order valence-corrected chi connectivity index (χ4v) is 3.18. The molecular formula is C17H18N2O4S2. The summed E-state index contributed by atoms with van der Waals surface area (Å²) in [5, 5.41) is 4.40. The third kappa shape index (κ3) is 5.61. The SMILES string of the molecule is COc1ccc(N/N=C(/Sc2ccc(S(C)(=O)=O)cc2)C(C)=O)cc1. The normalized spacial score (nSPS) is 11.9. The Morgan fingerprint density at radius 3 is 2.16 bits per heavy atom. The molecule has 25 heavy (non-hydrogen) atoms. The van der Waals surface area contributed by atoms with Gasteiger partial charge in [-0.1, -0.05) is 11.8 Å². The summed E-state index contributed by atoms with van der Waals surface area (Å²) in [7, 11) is -1.66. The number of methoxy groups -OCH3 is 1. The van der Waals surface area contributed by atoms with E-state index in [4.69, 9.17) is 4.74 Å². The molecule has 1 N–H and O–H groups in total. The highest BCUT2D eigenvalue weighted by molar-refractivity contribution is 8.15. The molecule has 8 heteroatoms. The molecule has 0 fully saturated rings. The third-order valence-corrected chi connectivity index (χ3v) is 5.35. The minimum Gasteiger partial charge on any atom is -0.497 e. The fraction of sp³-hybridized carbons (Fsp3) is 0.176. The van der Waals surface area contributed by atoms with E-state index >= 15 is 0 Å². The van der Waals surface area contributed by atoms with Crippen LogP contribution < -0.4 is 10.2 Å². The van der Waals surface area contributed by atoms with Crippen molar-refractivity contribution in [2.24, 2.45) is 5.10 Å². The largest absolute Gasteiger partial charge is 0.497 e. The molecule has 0 aliphatic carbocycles. The Hall–Kier alpha value is -2.32. The second-order valence-corrected chi connectivity index (χ2v) is 8.24. The van der Waals surface area contributed by atoms with Gasteiger partial charge in [-0.2, -0.15) is 5.10 Å². The van der Waals surface area contributed by atoms with Gasteiger partial charge < -0.3 is 4.74 Å². The van der Waals surface area contributed by atoms with E-state index in [0.29, 0.717) is 5.69 Å². The Bertz CT molecular complexity index is 874.